The molecule has 0 radical (unpaired) electrons. The molecule has 0 N–H and O–H groups in total. The van der Waals surface area contributed by atoms with Crippen molar-refractivity contribution in [3.05, 3.63) is 51.5 Å². The fraction of sp³-hybridized carbons (Fsp3) is 0.316. The molecule has 0 amide bonds. The van der Waals surface area contributed by atoms with Gasteiger partial charge >= 0.3 is 0 Å². The Hall–Kier alpha value is -1.79. The number of hydrogen-bond donors (Lipinski definition) is 0. The lowest BCUT2D eigenvalue weighted by molar-refractivity contribution is 0.391. The van der Waals surface area contributed by atoms with Crippen molar-refractivity contribution >= 4 is 43.2 Å². The molecule has 148 valence electrons. The Labute approximate surface area is 178 Å². The third-order valence-electron chi connectivity index (χ3n) is 4.61. The van der Waals surface area contributed by atoms with Gasteiger partial charge in [0.05, 0.1) is 23.2 Å². The average molecular weight is 485 g/mol. The van der Waals surface area contributed by atoms with Crippen molar-refractivity contribution in [2.45, 2.75) is 11.3 Å². The SMILES string of the molecule is COc1c(Br)cc(Cl)cc1S(=O)(=O)N1CCCN(c2ccc(C#N)cc2)CC1. The first kappa shape index (κ1) is 20.9. The Balaban J connectivity index is 1.84. The predicted molar refractivity (Wildman–Crippen MR) is 112 cm³/mol. The molecule has 28 heavy (non-hydrogen) atoms. The Morgan fingerprint density at radius 3 is 2.50 bits per heavy atom. The summed E-state index contributed by atoms with van der Waals surface area (Å²) in [5.41, 5.74) is 1.57. The van der Waals surface area contributed by atoms with Crippen LogP contribution in [0, 0.1) is 11.3 Å². The van der Waals surface area contributed by atoms with Gasteiger partial charge in [0, 0.05) is 36.9 Å². The summed E-state index contributed by atoms with van der Waals surface area (Å²) in [5, 5.41) is 9.26. The Kier molecular flexibility index (Phi) is 6.50. The molecule has 1 saturated heterocycles. The van der Waals surface area contributed by atoms with Crippen LogP contribution < -0.4 is 9.64 Å². The van der Waals surface area contributed by atoms with Gasteiger partial charge in [-0.3, -0.25) is 0 Å². The van der Waals surface area contributed by atoms with Crippen LogP contribution in [0.3, 0.4) is 0 Å². The van der Waals surface area contributed by atoms with Gasteiger partial charge in [-0.15, -0.1) is 0 Å². The molecule has 2 aromatic rings. The summed E-state index contributed by atoms with van der Waals surface area (Å²) in [6.45, 7) is 2.03. The van der Waals surface area contributed by atoms with Gasteiger partial charge in [-0.05, 0) is 58.7 Å². The van der Waals surface area contributed by atoms with Gasteiger partial charge < -0.3 is 9.64 Å². The van der Waals surface area contributed by atoms with Crippen molar-refractivity contribution in [3.63, 3.8) is 0 Å². The van der Waals surface area contributed by atoms with Gasteiger partial charge in [0.1, 0.15) is 4.90 Å². The van der Waals surface area contributed by atoms with Crippen LogP contribution in [-0.2, 0) is 10.0 Å². The molecule has 0 unspecified atom stereocenters. The molecule has 1 heterocycles. The molecular formula is C19H19BrClN3O3S. The topological polar surface area (TPSA) is 73.6 Å². The van der Waals surface area contributed by atoms with Crippen molar-refractivity contribution < 1.29 is 13.2 Å². The van der Waals surface area contributed by atoms with Gasteiger partial charge in [0.25, 0.3) is 0 Å². The Bertz CT molecular complexity index is 1010. The van der Waals surface area contributed by atoms with Crippen molar-refractivity contribution in [1.29, 1.82) is 5.26 Å². The van der Waals surface area contributed by atoms with Gasteiger partial charge in [-0.1, -0.05) is 11.6 Å². The average Bonchev–Trinajstić information content (AvgIpc) is 2.94. The van der Waals surface area contributed by atoms with E-state index in [4.69, 9.17) is 21.6 Å². The van der Waals surface area contributed by atoms with Crippen molar-refractivity contribution in [2.75, 3.05) is 38.2 Å². The summed E-state index contributed by atoms with van der Waals surface area (Å²) < 4.78 is 33.8. The number of nitrogens with zero attached hydrogens (tertiary/aromatic N) is 3. The first-order valence-corrected chi connectivity index (χ1v) is 11.3. The fourth-order valence-electron chi connectivity index (χ4n) is 3.20. The Morgan fingerprint density at radius 2 is 1.86 bits per heavy atom. The van der Waals surface area contributed by atoms with Gasteiger partial charge in [0.15, 0.2) is 5.75 Å². The van der Waals surface area contributed by atoms with Gasteiger partial charge in [-0.2, -0.15) is 9.57 Å². The molecule has 0 aromatic heterocycles. The third kappa shape index (κ3) is 4.28. The number of benzene rings is 2. The Morgan fingerprint density at radius 1 is 1.14 bits per heavy atom. The van der Waals surface area contributed by atoms with E-state index in [0.29, 0.717) is 41.1 Å². The highest BCUT2D eigenvalue weighted by Gasteiger charge is 2.31. The zero-order valence-electron chi connectivity index (χ0n) is 15.2. The lowest BCUT2D eigenvalue weighted by atomic mass is 10.2. The lowest BCUT2D eigenvalue weighted by Gasteiger charge is -2.24. The van der Waals surface area contributed by atoms with Crippen LogP contribution in [0.4, 0.5) is 5.69 Å². The number of rotatable bonds is 4. The van der Waals surface area contributed by atoms with Crippen LogP contribution in [0.15, 0.2) is 45.8 Å². The third-order valence-corrected chi connectivity index (χ3v) is 7.32. The maximum absolute atomic E-state index is 13.3. The van der Waals surface area contributed by atoms with E-state index in [0.717, 1.165) is 12.2 Å². The number of anilines is 1. The molecule has 3 rings (SSSR count). The number of ether oxygens (including phenoxy) is 1. The number of nitriles is 1. The summed E-state index contributed by atoms with van der Waals surface area (Å²) in [6, 6.07) is 12.4. The lowest BCUT2D eigenvalue weighted by Crippen LogP contribution is -2.35. The zero-order chi connectivity index (χ0) is 20.3. The van der Waals surface area contributed by atoms with Crippen LogP contribution in [0.25, 0.3) is 0 Å². The minimum Gasteiger partial charge on any atom is -0.494 e. The van der Waals surface area contributed by atoms with Crippen molar-refractivity contribution in [1.82, 2.24) is 4.31 Å². The molecule has 0 bridgehead atoms. The highest BCUT2D eigenvalue weighted by atomic mass is 79.9. The minimum atomic E-state index is -3.77. The molecule has 2 aromatic carbocycles. The van der Waals surface area contributed by atoms with Crippen LogP contribution in [0.5, 0.6) is 5.75 Å². The molecule has 0 atom stereocenters. The van der Waals surface area contributed by atoms with E-state index in [9.17, 15) is 8.42 Å². The molecule has 6 nitrogen and oxygen atoms in total. The molecule has 0 aliphatic carbocycles. The molecule has 1 aliphatic rings. The summed E-state index contributed by atoms with van der Waals surface area (Å²) in [5.74, 6) is 0.248. The molecule has 1 aliphatic heterocycles. The summed E-state index contributed by atoms with van der Waals surface area (Å²) in [4.78, 5) is 2.18. The van der Waals surface area contributed by atoms with Crippen LogP contribution >= 0.6 is 27.5 Å². The van der Waals surface area contributed by atoms with E-state index in [1.807, 2.05) is 12.1 Å². The maximum atomic E-state index is 13.3. The molecule has 9 heteroatoms. The largest absolute Gasteiger partial charge is 0.494 e. The van der Waals surface area contributed by atoms with E-state index in [-0.39, 0.29) is 10.6 Å². The number of halogens is 2. The number of sulfonamides is 1. The molecular weight excluding hydrogens is 466 g/mol. The molecule has 0 saturated carbocycles. The highest BCUT2D eigenvalue weighted by Crippen LogP contribution is 2.37. The second kappa shape index (κ2) is 8.70. The summed E-state index contributed by atoms with van der Waals surface area (Å²) in [7, 11) is -2.33. The smallest absolute Gasteiger partial charge is 0.246 e. The van der Waals surface area contributed by atoms with Crippen molar-refractivity contribution in [2.24, 2.45) is 0 Å². The minimum absolute atomic E-state index is 0.0567. The van der Waals surface area contributed by atoms with E-state index < -0.39 is 10.0 Å². The van der Waals surface area contributed by atoms with Gasteiger partial charge in [0.2, 0.25) is 10.0 Å². The normalized spacial score (nSPS) is 15.7. The van der Waals surface area contributed by atoms with Crippen LogP contribution in [0.1, 0.15) is 12.0 Å². The highest BCUT2D eigenvalue weighted by molar-refractivity contribution is 9.10. The number of methoxy groups -OCH3 is 1. The summed E-state index contributed by atoms with van der Waals surface area (Å²) in [6.07, 6.45) is 0.684. The second-order valence-corrected chi connectivity index (χ2v) is 9.52. The first-order valence-electron chi connectivity index (χ1n) is 8.65. The van der Waals surface area contributed by atoms with Crippen molar-refractivity contribution in [3.8, 4) is 11.8 Å². The van der Waals surface area contributed by atoms with E-state index in [1.165, 1.54) is 17.5 Å². The first-order chi connectivity index (χ1) is 13.4. The fourth-order valence-corrected chi connectivity index (χ4v) is 6.05. The van der Waals surface area contributed by atoms with Crippen LogP contribution in [-0.4, -0.2) is 46.0 Å². The van der Waals surface area contributed by atoms with E-state index in [1.54, 1.807) is 18.2 Å². The monoisotopic (exact) mass is 483 g/mol. The zero-order valence-corrected chi connectivity index (χ0v) is 18.4. The van der Waals surface area contributed by atoms with Gasteiger partial charge in [-0.25, -0.2) is 8.42 Å². The van der Waals surface area contributed by atoms with E-state index in [2.05, 4.69) is 26.9 Å². The summed E-state index contributed by atoms with van der Waals surface area (Å²) >= 11 is 9.40. The standard InChI is InChI=1S/C19H19BrClN3O3S/c1-27-19-17(20)11-15(21)12-18(19)28(25,26)24-8-2-7-23(9-10-24)16-5-3-14(13-22)4-6-16/h3-6,11-12H,2,7-10H2,1H3. The maximum Gasteiger partial charge on any atom is 0.246 e. The second-order valence-electron chi connectivity index (χ2n) is 6.32. The predicted octanol–water partition coefficient (Wildman–Crippen LogP) is 3.88. The number of hydrogen-bond acceptors (Lipinski definition) is 5. The van der Waals surface area contributed by atoms with E-state index >= 15 is 0 Å². The van der Waals surface area contributed by atoms with Crippen LogP contribution in [0.2, 0.25) is 5.02 Å². The quantitative estimate of drug-likeness (QED) is 0.658. The molecule has 1 fully saturated rings. The molecule has 0 spiro atoms.